The van der Waals surface area contributed by atoms with Crippen molar-refractivity contribution in [2.24, 2.45) is 5.92 Å². The van der Waals surface area contributed by atoms with E-state index in [4.69, 9.17) is 0 Å². The van der Waals surface area contributed by atoms with E-state index in [-0.39, 0.29) is 35.5 Å². The highest BCUT2D eigenvalue weighted by Gasteiger charge is 2.47. The van der Waals surface area contributed by atoms with E-state index in [1.165, 1.54) is 12.1 Å². The van der Waals surface area contributed by atoms with Crippen molar-refractivity contribution in [2.75, 3.05) is 19.6 Å². The smallest absolute Gasteiger partial charge is 0.272 e. The molecule has 2 aromatic rings. The van der Waals surface area contributed by atoms with Gasteiger partial charge in [0.25, 0.3) is 5.91 Å². The summed E-state index contributed by atoms with van der Waals surface area (Å²) in [4.78, 5) is 33.4. The molecule has 2 aliphatic heterocycles. The third-order valence-corrected chi connectivity index (χ3v) is 6.02. The number of aromatic nitrogens is 1. The Morgan fingerprint density at radius 3 is 2.61 bits per heavy atom. The molecule has 0 bridgehead atoms. The van der Waals surface area contributed by atoms with Crippen molar-refractivity contribution < 1.29 is 14.0 Å². The van der Waals surface area contributed by atoms with Crippen molar-refractivity contribution >= 4 is 11.8 Å². The third kappa shape index (κ3) is 3.39. The molecular formula is C22H24FN3O2. The van der Waals surface area contributed by atoms with Crippen molar-refractivity contribution in [1.82, 2.24) is 14.8 Å². The number of likely N-dealkylation sites (tertiary alicyclic amines) is 2. The van der Waals surface area contributed by atoms with Gasteiger partial charge in [-0.05, 0) is 36.2 Å². The molecule has 0 spiro atoms. The van der Waals surface area contributed by atoms with Crippen LogP contribution in [0.1, 0.15) is 41.7 Å². The summed E-state index contributed by atoms with van der Waals surface area (Å²) in [5, 5.41) is 0. The maximum Gasteiger partial charge on any atom is 0.272 e. The van der Waals surface area contributed by atoms with Crippen LogP contribution in [0.15, 0.2) is 48.7 Å². The topological polar surface area (TPSA) is 53.5 Å². The maximum atomic E-state index is 13.4. The predicted octanol–water partition coefficient (Wildman–Crippen LogP) is 3.09. The molecule has 1 aromatic heterocycles. The molecule has 0 aliphatic carbocycles. The van der Waals surface area contributed by atoms with Crippen LogP contribution in [0.25, 0.3) is 0 Å². The zero-order valence-corrected chi connectivity index (χ0v) is 15.9. The number of hydrogen-bond acceptors (Lipinski definition) is 3. The van der Waals surface area contributed by atoms with Crippen LogP contribution in [0.3, 0.4) is 0 Å². The summed E-state index contributed by atoms with van der Waals surface area (Å²) in [7, 11) is 0. The largest absolute Gasteiger partial charge is 0.339 e. The molecule has 146 valence electrons. The Labute approximate surface area is 164 Å². The molecule has 3 atom stereocenters. The number of hydrogen-bond donors (Lipinski definition) is 0. The standard InChI is InChI=1S/C22H24FN3O2/c1-2-21(27)26-14-17(15-6-8-16(23)9-7-15)18-13-25(12-10-20(18)26)22(28)19-5-3-4-11-24-19/h3-9,11,17-18,20H,2,10,12-14H2,1H3/t17-,18-,20-/m1/s1. The number of carbonyl (C=O) groups is 2. The minimum Gasteiger partial charge on any atom is -0.339 e. The monoisotopic (exact) mass is 381 g/mol. The van der Waals surface area contributed by atoms with E-state index in [1.54, 1.807) is 30.5 Å². The Hall–Kier alpha value is -2.76. The zero-order chi connectivity index (χ0) is 19.7. The second-order valence-electron chi connectivity index (χ2n) is 7.54. The van der Waals surface area contributed by atoms with E-state index in [0.717, 1.165) is 12.0 Å². The van der Waals surface area contributed by atoms with Crippen LogP contribution in [-0.4, -0.2) is 52.3 Å². The zero-order valence-electron chi connectivity index (χ0n) is 15.9. The lowest BCUT2D eigenvalue weighted by atomic mass is 9.81. The summed E-state index contributed by atoms with van der Waals surface area (Å²) >= 11 is 0. The minimum absolute atomic E-state index is 0.0721. The first-order chi connectivity index (χ1) is 13.6. The molecule has 4 rings (SSSR count). The van der Waals surface area contributed by atoms with Gasteiger partial charge in [0.05, 0.1) is 0 Å². The van der Waals surface area contributed by atoms with E-state index in [1.807, 2.05) is 22.8 Å². The number of amides is 2. The highest BCUT2D eigenvalue weighted by Crippen LogP contribution is 2.42. The normalized spacial score (nSPS) is 24.1. The van der Waals surface area contributed by atoms with Crippen LogP contribution in [-0.2, 0) is 4.79 Å². The Morgan fingerprint density at radius 1 is 1.14 bits per heavy atom. The quantitative estimate of drug-likeness (QED) is 0.821. The SMILES string of the molecule is CCC(=O)N1C[C@H](c2ccc(F)cc2)[C@H]2CN(C(=O)c3ccccn3)CC[C@H]21. The highest BCUT2D eigenvalue weighted by molar-refractivity contribution is 5.92. The molecule has 5 nitrogen and oxygen atoms in total. The molecule has 2 saturated heterocycles. The van der Waals surface area contributed by atoms with Crippen molar-refractivity contribution in [3.05, 3.63) is 65.7 Å². The number of fused-ring (bicyclic) bond motifs is 1. The first kappa shape index (κ1) is 18.6. The Morgan fingerprint density at radius 2 is 1.93 bits per heavy atom. The summed E-state index contributed by atoms with van der Waals surface area (Å²) in [6.45, 7) is 3.69. The maximum absolute atomic E-state index is 13.4. The van der Waals surface area contributed by atoms with Crippen molar-refractivity contribution in [3.8, 4) is 0 Å². The first-order valence-electron chi connectivity index (χ1n) is 9.83. The summed E-state index contributed by atoms with van der Waals surface area (Å²) in [5.74, 6) is 0.0412. The fraction of sp³-hybridized carbons (Fsp3) is 0.409. The number of benzene rings is 1. The molecule has 6 heteroatoms. The highest BCUT2D eigenvalue weighted by atomic mass is 19.1. The van der Waals surface area contributed by atoms with Gasteiger partial charge in [-0.25, -0.2) is 4.39 Å². The van der Waals surface area contributed by atoms with Gasteiger partial charge in [-0.1, -0.05) is 25.1 Å². The number of nitrogens with zero attached hydrogens (tertiary/aromatic N) is 3. The van der Waals surface area contributed by atoms with Gasteiger partial charge in [0.15, 0.2) is 0 Å². The van der Waals surface area contributed by atoms with E-state index in [9.17, 15) is 14.0 Å². The molecule has 2 aliphatic rings. The van der Waals surface area contributed by atoms with E-state index in [2.05, 4.69) is 4.98 Å². The second kappa shape index (κ2) is 7.70. The van der Waals surface area contributed by atoms with Gasteiger partial charge in [-0.3, -0.25) is 14.6 Å². The fourth-order valence-corrected chi connectivity index (χ4v) is 4.62. The molecule has 0 saturated carbocycles. The van der Waals surface area contributed by atoms with Crippen LogP contribution in [0.2, 0.25) is 0 Å². The summed E-state index contributed by atoms with van der Waals surface area (Å²) in [6, 6.07) is 12.0. The Bertz CT molecular complexity index is 856. The lowest BCUT2D eigenvalue weighted by Gasteiger charge is -2.38. The lowest BCUT2D eigenvalue weighted by molar-refractivity contribution is -0.132. The van der Waals surface area contributed by atoms with E-state index in [0.29, 0.717) is 31.7 Å². The summed E-state index contributed by atoms with van der Waals surface area (Å²) in [6.07, 6.45) is 2.85. The van der Waals surface area contributed by atoms with Gasteiger partial charge in [0.2, 0.25) is 5.91 Å². The lowest BCUT2D eigenvalue weighted by Crippen LogP contribution is -2.49. The van der Waals surface area contributed by atoms with Gasteiger partial charge >= 0.3 is 0 Å². The van der Waals surface area contributed by atoms with Gasteiger partial charge in [-0.2, -0.15) is 0 Å². The number of carbonyl (C=O) groups excluding carboxylic acids is 2. The van der Waals surface area contributed by atoms with Crippen molar-refractivity contribution in [1.29, 1.82) is 0 Å². The average molecular weight is 381 g/mol. The molecule has 28 heavy (non-hydrogen) atoms. The van der Waals surface area contributed by atoms with Crippen LogP contribution < -0.4 is 0 Å². The molecule has 1 aromatic carbocycles. The van der Waals surface area contributed by atoms with Crippen molar-refractivity contribution in [2.45, 2.75) is 31.7 Å². The molecule has 2 amide bonds. The molecule has 0 radical (unpaired) electrons. The van der Waals surface area contributed by atoms with Gasteiger partial charge in [0, 0.05) is 50.1 Å². The Balaban J connectivity index is 1.60. The molecule has 0 unspecified atom stereocenters. The minimum atomic E-state index is -0.268. The molecule has 2 fully saturated rings. The first-order valence-corrected chi connectivity index (χ1v) is 9.83. The number of halogens is 1. The van der Waals surface area contributed by atoms with Crippen LogP contribution in [0.4, 0.5) is 4.39 Å². The van der Waals surface area contributed by atoms with Crippen LogP contribution in [0, 0.1) is 11.7 Å². The molecule has 0 N–H and O–H groups in total. The number of piperidine rings is 1. The third-order valence-electron chi connectivity index (χ3n) is 6.02. The van der Waals surface area contributed by atoms with E-state index >= 15 is 0 Å². The number of pyridine rings is 1. The van der Waals surface area contributed by atoms with Gasteiger partial charge in [0.1, 0.15) is 11.5 Å². The van der Waals surface area contributed by atoms with Crippen LogP contribution >= 0.6 is 0 Å². The van der Waals surface area contributed by atoms with Crippen molar-refractivity contribution in [3.63, 3.8) is 0 Å². The predicted molar refractivity (Wildman–Crippen MR) is 103 cm³/mol. The van der Waals surface area contributed by atoms with Gasteiger partial charge < -0.3 is 9.80 Å². The van der Waals surface area contributed by atoms with E-state index < -0.39 is 0 Å². The van der Waals surface area contributed by atoms with Crippen LogP contribution in [0.5, 0.6) is 0 Å². The Kier molecular flexibility index (Phi) is 5.11. The number of rotatable bonds is 3. The fourth-order valence-electron chi connectivity index (χ4n) is 4.62. The summed E-state index contributed by atoms with van der Waals surface area (Å²) in [5.41, 5.74) is 1.47. The molecule has 3 heterocycles. The summed E-state index contributed by atoms with van der Waals surface area (Å²) < 4.78 is 13.4. The second-order valence-corrected chi connectivity index (χ2v) is 7.54. The average Bonchev–Trinajstić information content (AvgIpc) is 3.12. The van der Waals surface area contributed by atoms with Gasteiger partial charge in [-0.15, -0.1) is 0 Å². The molecular weight excluding hydrogens is 357 g/mol.